The van der Waals surface area contributed by atoms with Crippen LogP contribution in [0.25, 0.3) is 0 Å². The lowest BCUT2D eigenvalue weighted by molar-refractivity contribution is -0.128. The van der Waals surface area contributed by atoms with Crippen molar-refractivity contribution in [2.45, 2.75) is 19.9 Å². The molecule has 1 rings (SSSR count). The Balaban J connectivity index is 2.35. The van der Waals surface area contributed by atoms with Gasteiger partial charge in [0.15, 0.2) is 5.17 Å². The quantitative estimate of drug-likeness (QED) is 0.747. The molecule has 0 aromatic rings. The van der Waals surface area contributed by atoms with Gasteiger partial charge in [0.2, 0.25) is 5.91 Å². The first-order valence-corrected chi connectivity index (χ1v) is 5.79. The topological polar surface area (TPSA) is 44.7 Å². The number of hydrogen-bond donors (Lipinski definition) is 1. The third-order valence-corrected chi connectivity index (χ3v) is 3.29. The molecular formula is C9H17N3OS. The summed E-state index contributed by atoms with van der Waals surface area (Å²) < 4.78 is 0. The summed E-state index contributed by atoms with van der Waals surface area (Å²) in [5.74, 6) is 1.11. The van der Waals surface area contributed by atoms with Gasteiger partial charge in [0.25, 0.3) is 0 Å². The van der Waals surface area contributed by atoms with Crippen molar-refractivity contribution in [3.63, 3.8) is 0 Å². The Morgan fingerprint density at radius 2 is 2.50 bits per heavy atom. The molecule has 1 aliphatic heterocycles. The number of aliphatic imine (C=N–C) groups is 1. The summed E-state index contributed by atoms with van der Waals surface area (Å²) in [5.41, 5.74) is 0. The van der Waals surface area contributed by atoms with Gasteiger partial charge >= 0.3 is 0 Å². The van der Waals surface area contributed by atoms with Crippen LogP contribution in [0.5, 0.6) is 0 Å². The third-order valence-electron chi connectivity index (χ3n) is 2.10. The van der Waals surface area contributed by atoms with Crippen molar-refractivity contribution in [3.8, 4) is 0 Å². The van der Waals surface area contributed by atoms with Gasteiger partial charge in [-0.1, -0.05) is 11.8 Å². The number of amidine groups is 1. The van der Waals surface area contributed by atoms with Crippen LogP contribution >= 0.6 is 11.8 Å². The van der Waals surface area contributed by atoms with E-state index in [0.29, 0.717) is 6.04 Å². The summed E-state index contributed by atoms with van der Waals surface area (Å²) in [6.45, 7) is 5.05. The van der Waals surface area contributed by atoms with E-state index in [4.69, 9.17) is 0 Å². The minimum atomic E-state index is 0.0713. The maximum absolute atomic E-state index is 11.4. The van der Waals surface area contributed by atoms with Crippen LogP contribution < -0.4 is 5.32 Å². The van der Waals surface area contributed by atoms with E-state index in [-0.39, 0.29) is 12.5 Å². The van der Waals surface area contributed by atoms with Crippen molar-refractivity contribution in [2.75, 3.05) is 25.9 Å². The van der Waals surface area contributed by atoms with Gasteiger partial charge in [-0.05, 0) is 13.8 Å². The van der Waals surface area contributed by atoms with Crippen molar-refractivity contribution in [1.82, 2.24) is 10.2 Å². The van der Waals surface area contributed by atoms with Gasteiger partial charge in [-0.3, -0.25) is 9.79 Å². The summed E-state index contributed by atoms with van der Waals surface area (Å²) in [6.07, 6.45) is 0. The Morgan fingerprint density at radius 1 is 1.79 bits per heavy atom. The largest absolute Gasteiger partial charge is 0.362 e. The highest BCUT2D eigenvalue weighted by Gasteiger charge is 2.15. The molecule has 1 heterocycles. The highest BCUT2D eigenvalue weighted by atomic mass is 32.2. The van der Waals surface area contributed by atoms with Crippen LogP contribution in [0.2, 0.25) is 0 Å². The maximum Gasteiger partial charge on any atom is 0.244 e. The van der Waals surface area contributed by atoms with E-state index in [9.17, 15) is 4.79 Å². The molecule has 1 unspecified atom stereocenters. The van der Waals surface area contributed by atoms with Crippen LogP contribution in [-0.4, -0.2) is 47.9 Å². The van der Waals surface area contributed by atoms with E-state index in [1.54, 1.807) is 23.7 Å². The van der Waals surface area contributed by atoms with Crippen LogP contribution in [-0.2, 0) is 4.79 Å². The number of amides is 1. The molecule has 0 radical (unpaired) electrons. The second-order valence-electron chi connectivity index (χ2n) is 3.39. The van der Waals surface area contributed by atoms with Crippen molar-refractivity contribution in [2.24, 2.45) is 4.99 Å². The van der Waals surface area contributed by atoms with E-state index in [0.717, 1.165) is 17.5 Å². The van der Waals surface area contributed by atoms with Crippen LogP contribution in [0.4, 0.5) is 0 Å². The lowest BCUT2D eigenvalue weighted by Gasteiger charge is -2.12. The minimum absolute atomic E-state index is 0.0713. The molecular weight excluding hydrogens is 198 g/mol. The summed E-state index contributed by atoms with van der Waals surface area (Å²) in [4.78, 5) is 17.3. The molecule has 5 heteroatoms. The number of thioether (sulfide) groups is 1. The zero-order valence-electron chi connectivity index (χ0n) is 8.91. The molecule has 1 aliphatic rings. The van der Waals surface area contributed by atoms with Crippen LogP contribution in [0, 0.1) is 0 Å². The zero-order valence-corrected chi connectivity index (χ0v) is 9.73. The lowest BCUT2D eigenvalue weighted by Crippen LogP contribution is -2.29. The molecule has 1 N–H and O–H groups in total. The number of likely N-dealkylation sites (N-methyl/N-ethyl adjacent to an activating group) is 1. The number of rotatable bonds is 3. The Labute approximate surface area is 89.1 Å². The Morgan fingerprint density at radius 3 is 3.00 bits per heavy atom. The fourth-order valence-corrected chi connectivity index (χ4v) is 1.96. The van der Waals surface area contributed by atoms with Crippen LogP contribution in [0.1, 0.15) is 13.8 Å². The number of nitrogens with one attached hydrogen (secondary N) is 1. The molecule has 0 saturated carbocycles. The maximum atomic E-state index is 11.4. The first kappa shape index (κ1) is 11.4. The van der Waals surface area contributed by atoms with E-state index in [1.807, 2.05) is 6.92 Å². The standard InChI is InChI=1S/C9H17N3OS/c1-4-12(3)8(13)5-10-9-11-7(2)6-14-9/h7H,4-6H2,1-3H3,(H,10,11). The molecule has 1 atom stereocenters. The predicted molar refractivity (Wildman–Crippen MR) is 60.7 cm³/mol. The van der Waals surface area contributed by atoms with E-state index >= 15 is 0 Å². The van der Waals surface area contributed by atoms with Crippen LogP contribution in [0.15, 0.2) is 4.99 Å². The van der Waals surface area contributed by atoms with Gasteiger partial charge in [-0.25, -0.2) is 0 Å². The Kier molecular flexibility index (Phi) is 4.25. The second-order valence-corrected chi connectivity index (χ2v) is 4.39. The van der Waals surface area contributed by atoms with E-state index < -0.39 is 0 Å². The molecule has 0 aromatic heterocycles. The average Bonchev–Trinajstić information content (AvgIpc) is 2.59. The van der Waals surface area contributed by atoms with E-state index in [2.05, 4.69) is 17.2 Å². The smallest absolute Gasteiger partial charge is 0.244 e. The van der Waals surface area contributed by atoms with Gasteiger partial charge in [0, 0.05) is 25.4 Å². The van der Waals surface area contributed by atoms with Gasteiger partial charge < -0.3 is 10.2 Å². The second kappa shape index (κ2) is 5.24. The molecule has 1 fully saturated rings. The highest BCUT2D eigenvalue weighted by Crippen LogP contribution is 2.12. The van der Waals surface area contributed by atoms with Crippen molar-refractivity contribution < 1.29 is 4.79 Å². The fourth-order valence-electron chi connectivity index (χ4n) is 1.03. The third kappa shape index (κ3) is 3.21. The van der Waals surface area contributed by atoms with Gasteiger partial charge in [-0.15, -0.1) is 0 Å². The molecule has 80 valence electrons. The lowest BCUT2D eigenvalue weighted by atomic mass is 10.4. The number of carbonyl (C=O) groups is 1. The molecule has 0 bridgehead atoms. The zero-order chi connectivity index (χ0) is 10.6. The van der Waals surface area contributed by atoms with Crippen molar-refractivity contribution in [3.05, 3.63) is 0 Å². The average molecular weight is 215 g/mol. The SMILES string of the molecule is CCN(C)C(=O)CN=C1NC(C)CS1. The monoisotopic (exact) mass is 215 g/mol. The summed E-state index contributed by atoms with van der Waals surface area (Å²) in [7, 11) is 1.79. The van der Waals surface area contributed by atoms with Crippen LogP contribution in [0.3, 0.4) is 0 Å². The van der Waals surface area contributed by atoms with Gasteiger partial charge in [0.1, 0.15) is 6.54 Å². The number of nitrogens with zero attached hydrogens (tertiary/aromatic N) is 2. The summed E-state index contributed by atoms with van der Waals surface area (Å²) >= 11 is 1.68. The summed E-state index contributed by atoms with van der Waals surface area (Å²) in [6, 6.07) is 0.470. The fraction of sp³-hybridized carbons (Fsp3) is 0.778. The van der Waals surface area contributed by atoms with Crippen molar-refractivity contribution >= 4 is 22.8 Å². The minimum Gasteiger partial charge on any atom is -0.362 e. The normalized spacial score (nSPS) is 23.6. The molecule has 0 aliphatic carbocycles. The first-order valence-electron chi connectivity index (χ1n) is 4.81. The Hall–Kier alpha value is -0.710. The molecule has 4 nitrogen and oxygen atoms in total. The highest BCUT2D eigenvalue weighted by molar-refractivity contribution is 8.14. The first-order chi connectivity index (χ1) is 6.63. The molecule has 0 spiro atoms. The summed E-state index contributed by atoms with van der Waals surface area (Å²) in [5, 5.41) is 4.11. The van der Waals surface area contributed by atoms with Gasteiger partial charge in [0.05, 0.1) is 0 Å². The Bertz CT molecular complexity index is 242. The number of hydrogen-bond acceptors (Lipinski definition) is 3. The predicted octanol–water partition coefficient (Wildman–Crippen LogP) is 0.546. The molecule has 14 heavy (non-hydrogen) atoms. The van der Waals surface area contributed by atoms with E-state index in [1.165, 1.54) is 0 Å². The molecule has 0 aromatic carbocycles. The van der Waals surface area contributed by atoms with Gasteiger partial charge in [-0.2, -0.15) is 0 Å². The number of carbonyl (C=O) groups excluding carboxylic acids is 1. The molecule has 1 saturated heterocycles. The molecule has 1 amide bonds. The van der Waals surface area contributed by atoms with Crippen molar-refractivity contribution in [1.29, 1.82) is 0 Å².